The van der Waals surface area contributed by atoms with Crippen molar-refractivity contribution in [3.05, 3.63) is 23.8 Å². The van der Waals surface area contributed by atoms with Crippen LogP contribution in [0.2, 0.25) is 0 Å². The van der Waals surface area contributed by atoms with E-state index in [1.165, 1.54) is 12.1 Å². The van der Waals surface area contributed by atoms with Crippen LogP contribution in [-0.4, -0.2) is 43.8 Å². The first-order valence-corrected chi connectivity index (χ1v) is 8.08. The van der Waals surface area contributed by atoms with Crippen molar-refractivity contribution in [1.29, 1.82) is 0 Å². The molecule has 1 aromatic rings. The number of nitrogens with zero attached hydrogens (tertiary/aromatic N) is 1. The summed E-state index contributed by atoms with van der Waals surface area (Å²) in [5, 5.41) is 24.1. The largest absolute Gasteiger partial charge is 0.478 e. The molecule has 7 nitrogen and oxygen atoms in total. The van der Waals surface area contributed by atoms with Gasteiger partial charge in [-0.1, -0.05) is 6.92 Å². The number of carboxylic acid groups (broad SMARTS) is 1. The number of piperidine rings is 1. The van der Waals surface area contributed by atoms with Gasteiger partial charge in [-0.05, 0) is 30.5 Å². The Morgan fingerprint density at radius 2 is 2.10 bits per heavy atom. The van der Waals surface area contributed by atoms with Gasteiger partial charge in [0.15, 0.2) is 0 Å². The molecule has 0 radical (unpaired) electrons. The van der Waals surface area contributed by atoms with Crippen molar-refractivity contribution in [2.75, 3.05) is 18.0 Å². The molecule has 0 spiro atoms. The number of hydrogen-bond donors (Lipinski definition) is 3. The van der Waals surface area contributed by atoms with Gasteiger partial charge in [0.1, 0.15) is 0 Å². The van der Waals surface area contributed by atoms with Crippen LogP contribution >= 0.6 is 0 Å². The minimum Gasteiger partial charge on any atom is -0.478 e. The lowest BCUT2D eigenvalue weighted by atomic mass is 9.95. The van der Waals surface area contributed by atoms with Gasteiger partial charge >= 0.3 is 5.97 Å². The first-order chi connectivity index (χ1) is 9.70. The number of hydrogen-bond acceptors (Lipinski definition) is 5. The molecule has 0 aromatic heterocycles. The molecule has 1 fully saturated rings. The summed E-state index contributed by atoms with van der Waals surface area (Å²) >= 11 is 0. The molecule has 1 aliphatic rings. The predicted octanol–water partition coefficient (Wildman–Crippen LogP) is 0.239. The molecular formula is C13H18N2O5S. The highest BCUT2D eigenvalue weighted by atomic mass is 32.2. The Hall–Kier alpha value is -1.64. The lowest BCUT2D eigenvalue weighted by Crippen LogP contribution is -2.42. The average molecular weight is 314 g/mol. The average Bonchev–Trinajstić information content (AvgIpc) is 2.40. The van der Waals surface area contributed by atoms with Gasteiger partial charge in [0.05, 0.1) is 22.3 Å². The summed E-state index contributed by atoms with van der Waals surface area (Å²) in [7, 11) is -3.95. The fourth-order valence-corrected chi connectivity index (χ4v) is 3.03. The molecular weight excluding hydrogens is 296 g/mol. The van der Waals surface area contributed by atoms with E-state index >= 15 is 0 Å². The number of nitrogens with two attached hydrogens (primary N) is 1. The van der Waals surface area contributed by atoms with Gasteiger partial charge in [0.25, 0.3) is 0 Å². The van der Waals surface area contributed by atoms with Crippen LogP contribution in [0.5, 0.6) is 0 Å². The van der Waals surface area contributed by atoms with Crippen LogP contribution in [0.25, 0.3) is 0 Å². The fourth-order valence-electron chi connectivity index (χ4n) is 2.49. The number of rotatable bonds is 3. The summed E-state index contributed by atoms with van der Waals surface area (Å²) in [6.45, 7) is 2.91. The van der Waals surface area contributed by atoms with Crippen molar-refractivity contribution in [2.45, 2.75) is 24.3 Å². The molecule has 0 aliphatic carbocycles. The molecule has 1 saturated heterocycles. The van der Waals surface area contributed by atoms with Gasteiger partial charge in [0, 0.05) is 13.1 Å². The zero-order chi connectivity index (χ0) is 15.8. The number of carboxylic acids is 1. The van der Waals surface area contributed by atoms with E-state index in [2.05, 4.69) is 0 Å². The molecule has 1 aliphatic heterocycles. The van der Waals surface area contributed by atoms with Crippen molar-refractivity contribution in [3.63, 3.8) is 0 Å². The van der Waals surface area contributed by atoms with Crippen molar-refractivity contribution in [2.24, 2.45) is 11.1 Å². The Kier molecular flexibility index (Phi) is 4.22. The minimum absolute atomic E-state index is 0.0123. The predicted molar refractivity (Wildman–Crippen MR) is 76.8 cm³/mol. The highest BCUT2D eigenvalue weighted by Crippen LogP contribution is 2.28. The van der Waals surface area contributed by atoms with Crippen molar-refractivity contribution in [3.8, 4) is 0 Å². The third-order valence-corrected chi connectivity index (χ3v) is 4.64. The monoisotopic (exact) mass is 314 g/mol. The van der Waals surface area contributed by atoms with E-state index in [4.69, 9.17) is 5.14 Å². The maximum absolute atomic E-state index is 11.4. The van der Waals surface area contributed by atoms with Gasteiger partial charge < -0.3 is 15.1 Å². The van der Waals surface area contributed by atoms with Crippen LogP contribution in [0.3, 0.4) is 0 Å². The summed E-state index contributed by atoms with van der Waals surface area (Å²) in [6, 6.07) is 3.82. The molecule has 4 N–H and O–H groups in total. The highest BCUT2D eigenvalue weighted by Gasteiger charge is 2.27. The smallest absolute Gasteiger partial charge is 0.337 e. The number of aliphatic hydroxyl groups is 1. The van der Waals surface area contributed by atoms with Crippen LogP contribution < -0.4 is 10.0 Å². The number of sulfonamides is 1. The maximum Gasteiger partial charge on any atom is 0.337 e. The fraction of sp³-hybridized carbons (Fsp3) is 0.462. The van der Waals surface area contributed by atoms with Crippen LogP contribution in [0.1, 0.15) is 23.7 Å². The van der Waals surface area contributed by atoms with Crippen molar-refractivity contribution >= 4 is 21.7 Å². The van der Waals surface area contributed by atoms with Crippen LogP contribution in [0.15, 0.2) is 23.1 Å². The Morgan fingerprint density at radius 1 is 1.43 bits per heavy atom. The number of aliphatic hydroxyl groups excluding tert-OH is 1. The van der Waals surface area contributed by atoms with E-state index in [1.807, 2.05) is 11.8 Å². The molecule has 2 unspecified atom stereocenters. The number of primary sulfonamides is 1. The third-order valence-electron chi connectivity index (χ3n) is 3.73. The van der Waals surface area contributed by atoms with Gasteiger partial charge in [0.2, 0.25) is 10.0 Å². The Bertz CT molecular complexity index is 659. The summed E-state index contributed by atoms with van der Waals surface area (Å²) < 4.78 is 22.7. The van der Waals surface area contributed by atoms with Crippen molar-refractivity contribution in [1.82, 2.24) is 0 Å². The molecule has 1 aromatic carbocycles. The summed E-state index contributed by atoms with van der Waals surface area (Å²) in [6.07, 6.45) is 0.134. The number of benzene rings is 1. The number of carbonyl (C=O) groups is 1. The number of aromatic carboxylic acids is 1. The highest BCUT2D eigenvalue weighted by molar-refractivity contribution is 7.89. The Labute approximate surface area is 123 Å². The number of anilines is 1. The van der Waals surface area contributed by atoms with E-state index in [9.17, 15) is 23.4 Å². The van der Waals surface area contributed by atoms with E-state index in [0.717, 1.165) is 6.07 Å². The van der Waals surface area contributed by atoms with E-state index in [-0.39, 0.29) is 16.4 Å². The van der Waals surface area contributed by atoms with Gasteiger partial charge in [-0.2, -0.15) is 0 Å². The standard InChI is InChI=1S/C13H18N2O5S/c1-8-7-15(5-4-12(8)16)11-3-2-9(21(14,19)20)6-10(11)13(17)18/h2-3,6,8,12,16H,4-5,7H2,1H3,(H,17,18)(H2,14,19,20). The summed E-state index contributed by atoms with van der Waals surface area (Å²) in [5.41, 5.74) is 0.332. The molecule has 2 rings (SSSR count). The molecule has 8 heteroatoms. The lowest BCUT2D eigenvalue weighted by Gasteiger charge is -2.36. The van der Waals surface area contributed by atoms with Crippen LogP contribution in [0.4, 0.5) is 5.69 Å². The molecule has 0 amide bonds. The quantitative estimate of drug-likeness (QED) is 0.735. The second-order valence-electron chi connectivity index (χ2n) is 5.31. The first-order valence-electron chi connectivity index (χ1n) is 6.53. The molecule has 2 atom stereocenters. The van der Waals surface area contributed by atoms with Gasteiger partial charge in [-0.15, -0.1) is 0 Å². The topological polar surface area (TPSA) is 121 Å². The first kappa shape index (κ1) is 15.7. The van der Waals surface area contributed by atoms with Crippen molar-refractivity contribution < 1.29 is 23.4 Å². The summed E-state index contributed by atoms with van der Waals surface area (Å²) in [5.74, 6) is -1.20. The Balaban J connectivity index is 2.42. The van der Waals surface area contributed by atoms with Crippen LogP contribution in [-0.2, 0) is 10.0 Å². The SMILES string of the molecule is CC1CN(c2ccc(S(N)(=O)=O)cc2C(=O)O)CCC1O. The Morgan fingerprint density at radius 3 is 2.62 bits per heavy atom. The van der Waals surface area contributed by atoms with Crippen LogP contribution in [0, 0.1) is 5.92 Å². The lowest BCUT2D eigenvalue weighted by molar-refractivity contribution is 0.0696. The molecule has 1 heterocycles. The van der Waals surface area contributed by atoms with Gasteiger partial charge in [-0.3, -0.25) is 0 Å². The second-order valence-corrected chi connectivity index (χ2v) is 6.87. The zero-order valence-electron chi connectivity index (χ0n) is 11.6. The molecule has 0 bridgehead atoms. The van der Waals surface area contributed by atoms with E-state index in [1.54, 1.807) is 0 Å². The normalized spacial score (nSPS) is 23.1. The zero-order valence-corrected chi connectivity index (χ0v) is 12.4. The maximum atomic E-state index is 11.4. The molecule has 21 heavy (non-hydrogen) atoms. The molecule has 0 saturated carbocycles. The minimum atomic E-state index is -3.95. The summed E-state index contributed by atoms with van der Waals surface area (Å²) in [4.78, 5) is 13.0. The van der Waals surface area contributed by atoms with E-state index < -0.39 is 22.1 Å². The molecule has 116 valence electrons. The third kappa shape index (κ3) is 3.34. The second kappa shape index (κ2) is 5.63. The van der Waals surface area contributed by atoms with E-state index in [0.29, 0.717) is 25.2 Å². The van der Waals surface area contributed by atoms with Gasteiger partial charge in [-0.25, -0.2) is 18.4 Å².